The van der Waals surface area contributed by atoms with Crippen LogP contribution in [0.4, 0.5) is 0 Å². The van der Waals surface area contributed by atoms with E-state index in [9.17, 15) is 0 Å². The topological polar surface area (TPSA) is 50.4 Å². The molecular formula is C12H19N3O. The maximum atomic E-state index is 5.53. The summed E-state index contributed by atoms with van der Waals surface area (Å²) < 4.78 is 5.53. The summed E-state index contributed by atoms with van der Waals surface area (Å²) in [6, 6.07) is 0. The molecule has 0 unspecified atom stereocenters. The van der Waals surface area contributed by atoms with Crippen molar-refractivity contribution in [1.82, 2.24) is 10.3 Å². The second-order valence-electron chi connectivity index (χ2n) is 4.07. The van der Waals surface area contributed by atoms with Gasteiger partial charge in [0.15, 0.2) is 0 Å². The van der Waals surface area contributed by atoms with E-state index in [2.05, 4.69) is 22.2 Å². The molecule has 2 heterocycles. The Morgan fingerprint density at radius 2 is 2.31 bits per heavy atom. The number of amidine groups is 1. The van der Waals surface area contributed by atoms with Crippen LogP contribution in [-0.4, -0.2) is 17.4 Å². The van der Waals surface area contributed by atoms with Crippen molar-refractivity contribution in [3.63, 3.8) is 0 Å². The highest BCUT2D eigenvalue weighted by Crippen LogP contribution is 2.07. The molecule has 0 saturated carbocycles. The zero-order chi connectivity index (χ0) is 11.2. The Kier molecular flexibility index (Phi) is 3.97. The summed E-state index contributed by atoms with van der Waals surface area (Å²) in [6.45, 7) is 3.67. The molecule has 4 heteroatoms. The molecule has 0 fully saturated rings. The first-order valence-corrected chi connectivity index (χ1v) is 6.09. The summed E-state index contributed by atoms with van der Waals surface area (Å²) >= 11 is 0. The molecule has 0 atom stereocenters. The van der Waals surface area contributed by atoms with Crippen molar-refractivity contribution in [2.45, 2.75) is 45.6 Å². The van der Waals surface area contributed by atoms with Gasteiger partial charge in [-0.3, -0.25) is 4.99 Å². The van der Waals surface area contributed by atoms with Crippen LogP contribution >= 0.6 is 0 Å². The molecule has 0 aliphatic carbocycles. The molecule has 1 aliphatic heterocycles. The van der Waals surface area contributed by atoms with Crippen LogP contribution in [0.2, 0.25) is 0 Å². The summed E-state index contributed by atoms with van der Waals surface area (Å²) in [5, 5.41) is 3.31. The summed E-state index contributed by atoms with van der Waals surface area (Å²) in [5.41, 5.74) is 0. The quantitative estimate of drug-likeness (QED) is 0.852. The number of rotatable bonds is 3. The highest BCUT2D eigenvalue weighted by Gasteiger charge is 2.06. The lowest BCUT2D eigenvalue weighted by Gasteiger charge is -2.05. The van der Waals surface area contributed by atoms with E-state index in [1.54, 1.807) is 6.20 Å². The minimum absolute atomic E-state index is 0.652. The third kappa shape index (κ3) is 3.08. The van der Waals surface area contributed by atoms with Gasteiger partial charge < -0.3 is 9.73 Å². The molecule has 1 aromatic rings. The third-order valence-electron chi connectivity index (χ3n) is 2.77. The average molecular weight is 221 g/mol. The Hall–Kier alpha value is -1.32. The van der Waals surface area contributed by atoms with Crippen molar-refractivity contribution in [2.24, 2.45) is 4.99 Å². The minimum atomic E-state index is 0.652. The summed E-state index contributed by atoms with van der Waals surface area (Å²) in [5.74, 6) is 2.80. The normalized spacial score (nSPS) is 16.7. The van der Waals surface area contributed by atoms with Gasteiger partial charge >= 0.3 is 0 Å². The van der Waals surface area contributed by atoms with Crippen LogP contribution in [0.3, 0.4) is 0 Å². The van der Waals surface area contributed by atoms with Crippen LogP contribution in [0.15, 0.2) is 15.6 Å². The molecule has 0 spiro atoms. The molecule has 0 aromatic carbocycles. The van der Waals surface area contributed by atoms with Crippen molar-refractivity contribution < 1.29 is 4.42 Å². The van der Waals surface area contributed by atoms with E-state index in [1.807, 2.05) is 0 Å². The molecule has 0 radical (unpaired) electrons. The Bertz CT molecular complexity index is 357. The number of nitrogens with one attached hydrogen (secondary N) is 1. The highest BCUT2D eigenvalue weighted by molar-refractivity contribution is 5.82. The van der Waals surface area contributed by atoms with Gasteiger partial charge in [-0.1, -0.05) is 13.3 Å². The third-order valence-corrected chi connectivity index (χ3v) is 2.77. The fourth-order valence-corrected chi connectivity index (χ4v) is 1.79. The lowest BCUT2D eigenvalue weighted by Crippen LogP contribution is -2.22. The van der Waals surface area contributed by atoms with Gasteiger partial charge in [-0.2, -0.15) is 0 Å². The number of aliphatic imine (C=N–C) groups is 1. The molecule has 1 N–H and O–H groups in total. The van der Waals surface area contributed by atoms with E-state index in [4.69, 9.17) is 4.42 Å². The Balaban J connectivity index is 1.83. The number of aromatic nitrogens is 1. The smallest absolute Gasteiger partial charge is 0.213 e. The van der Waals surface area contributed by atoms with E-state index in [0.29, 0.717) is 6.54 Å². The van der Waals surface area contributed by atoms with Crippen molar-refractivity contribution in [3.05, 3.63) is 17.8 Å². The van der Waals surface area contributed by atoms with Gasteiger partial charge in [-0.15, -0.1) is 0 Å². The Labute approximate surface area is 96.2 Å². The van der Waals surface area contributed by atoms with Crippen LogP contribution in [0, 0.1) is 0 Å². The van der Waals surface area contributed by atoms with Crippen LogP contribution < -0.4 is 5.32 Å². The highest BCUT2D eigenvalue weighted by atomic mass is 16.4. The number of nitrogens with zero attached hydrogens (tertiary/aromatic N) is 2. The van der Waals surface area contributed by atoms with Gasteiger partial charge in [0.05, 0.1) is 18.6 Å². The summed E-state index contributed by atoms with van der Waals surface area (Å²) in [6.07, 6.45) is 7.48. The van der Waals surface area contributed by atoms with Crippen molar-refractivity contribution in [1.29, 1.82) is 0 Å². The summed E-state index contributed by atoms with van der Waals surface area (Å²) in [4.78, 5) is 8.71. The molecule has 0 saturated heterocycles. The van der Waals surface area contributed by atoms with E-state index >= 15 is 0 Å². The molecule has 1 aromatic heterocycles. The fraction of sp³-hybridized carbons (Fsp3) is 0.667. The molecule has 88 valence electrons. The van der Waals surface area contributed by atoms with Gasteiger partial charge in [0.2, 0.25) is 5.89 Å². The first kappa shape index (κ1) is 11.2. The first-order chi connectivity index (χ1) is 7.88. The van der Waals surface area contributed by atoms with E-state index in [0.717, 1.165) is 36.9 Å². The SMILES string of the molecule is CCc1cnc(CNC2=NCCCCC2)o1. The molecule has 1 aliphatic rings. The molecular weight excluding hydrogens is 202 g/mol. The number of hydrogen-bond acceptors (Lipinski definition) is 4. The maximum Gasteiger partial charge on any atom is 0.213 e. The number of aryl methyl sites for hydroxylation is 1. The van der Waals surface area contributed by atoms with Crippen molar-refractivity contribution in [2.75, 3.05) is 6.54 Å². The first-order valence-electron chi connectivity index (χ1n) is 6.09. The van der Waals surface area contributed by atoms with E-state index in [1.165, 1.54) is 19.3 Å². The lowest BCUT2D eigenvalue weighted by atomic mass is 10.2. The fourth-order valence-electron chi connectivity index (χ4n) is 1.79. The van der Waals surface area contributed by atoms with E-state index < -0.39 is 0 Å². The molecule has 4 nitrogen and oxygen atoms in total. The van der Waals surface area contributed by atoms with Crippen LogP contribution in [0.25, 0.3) is 0 Å². The van der Waals surface area contributed by atoms with Crippen molar-refractivity contribution >= 4 is 5.84 Å². The van der Waals surface area contributed by atoms with Gasteiger partial charge in [0.1, 0.15) is 5.76 Å². The van der Waals surface area contributed by atoms with Gasteiger partial charge in [-0.25, -0.2) is 4.98 Å². The van der Waals surface area contributed by atoms with Gasteiger partial charge in [0, 0.05) is 19.4 Å². The average Bonchev–Trinajstić information content (AvgIpc) is 2.61. The monoisotopic (exact) mass is 221 g/mol. The predicted molar refractivity (Wildman–Crippen MR) is 63.5 cm³/mol. The number of hydrogen-bond donors (Lipinski definition) is 1. The predicted octanol–water partition coefficient (Wildman–Crippen LogP) is 2.30. The second-order valence-corrected chi connectivity index (χ2v) is 4.07. The van der Waals surface area contributed by atoms with Gasteiger partial charge in [-0.05, 0) is 12.8 Å². The van der Waals surface area contributed by atoms with E-state index in [-0.39, 0.29) is 0 Å². The minimum Gasteiger partial charge on any atom is -0.444 e. The maximum absolute atomic E-state index is 5.53. The lowest BCUT2D eigenvalue weighted by molar-refractivity contribution is 0.453. The standard InChI is InChI=1S/C12H19N3O/c1-2-10-8-15-12(16-10)9-14-11-6-4-3-5-7-13-11/h8H,2-7,9H2,1H3,(H,13,14). The Morgan fingerprint density at radius 1 is 1.38 bits per heavy atom. The zero-order valence-corrected chi connectivity index (χ0v) is 9.83. The number of oxazole rings is 1. The van der Waals surface area contributed by atoms with Crippen molar-refractivity contribution in [3.8, 4) is 0 Å². The molecule has 0 bridgehead atoms. The largest absolute Gasteiger partial charge is 0.444 e. The van der Waals surface area contributed by atoms with Crippen LogP contribution in [0.1, 0.15) is 44.3 Å². The van der Waals surface area contributed by atoms with Crippen LogP contribution in [0.5, 0.6) is 0 Å². The molecule has 16 heavy (non-hydrogen) atoms. The molecule has 2 rings (SSSR count). The zero-order valence-electron chi connectivity index (χ0n) is 9.83. The molecule has 0 amide bonds. The second kappa shape index (κ2) is 5.68. The Morgan fingerprint density at radius 3 is 3.12 bits per heavy atom. The summed E-state index contributed by atoms with van der Waals surface area (Å²) in [7, 11) is 0. The van der Waals surface area contributed by atoms with Crippen LogP contribution in [-0.2, 0) is 13.0 Å². The van der Waals surface area contributed by atoms with Gasteiger partial charge in [0.25, 0.3) is 0 Å².